The van der Waals surface area contributed by atoms with Crippen LogP contribution in [0.4, 0.5) is 5.69 Å². The zero-order valence-corrected chi connectivity index (χ0v) is 14.5. The molecule has 1 N–H and O–H groups in total. The van der Waals surface area contributed by atoms with E-state index < -0.39 is 0 Å². The summed E-state index contributed by atoms with van der Waals surface area (Å²) >= 11 is 9.61. The van der Waals surface area contributed by atoms with Gasteiger partial charge in [0.1, 0.15) is 0 Å². The van der Waals surface area contributed by atoms with Crippen LogP contribution in [0.1, 0.15) is 11.1 Å². The van der Waals surface area contributed by atoms with Gasteiger partial charge in [-0.05, 0) is 36.8 Å². The molecule has 2 rings (SSSR count). The molecule has 3 nitrogen and oxygen atoms in total. The van der Waals surface area contributed by atoms with Crippen LogP contribution < -0.4 is 14.8 Å². The van der Waals surface area contributed by atoms with Gasteiger partial charge in [-0.3, -0.25) is 0 Å². The van der Waals surface area contributed by atoms with E-state index in [1.807, 2.05) is 37.3 Å². The topological polar surface area (TPSA) is 30.5 Å². The van der Waals surface area contributed by atoms with E-state index in [9.17, 15) is 0 Å². The van der Waals surface area contributed by atoms with Crippen LogP contribution in [-0.4, -0.2) is 14.2 Å². The first kappa shape index (κ1) is 16.0. The molecule has 5 heteroatoms. The average molecular weight is 371 g/mol. The summed E-state index contributed by atoms with van der Waals surface area (Å²) in [7, 11) is 3.26. The number of nitrogens with one attached hydrogen (secondary N) is 1. The van der Waals surface area contributed by atoms with E-state index >= 15 is 0 Å². The van der Waals surface area contributed by atoms with Crippen LogP contribution in [0.2, 0.25) is 5.02 Å². The maximum absolute atomic E-state index is 6.13. The number of methoxy groups -OCH3 is 2. The highest BCUT2D eigenvalue weighted by atomic mass is 79.9. The summed E-state index contributed by atoms with van der Waals surface area (Å²) in [5.74, 6) is 1.43. The quantitative estimate of drug-likeness (QED) is 0.800. The van der Waals surface area contributed by atoms with Crippen molar-refractivity contribution >= 4 is 33.2 Å². The van der Waals surface area contributed by atoms with Crippen molar-refractivity contribution in [2.45, 2.75) is 13.5 Å². The van der Waals surface area contributed by atoms with Crippen molar-refractivity contribution in [2.75, 3.05) is 19.5 Å². The van der Waals surface area contributed by atoms with Gasteiger partial charge in [-0.1, -0.05) is 33.6 Å². The monoisotopic (exact) mass is 369 g/mol. The highest BCUT2D eigenvalue weighted by molar-refractivity contribution is 9.10. The molecule has 0 bridgehead atoms. The fourth-order valence-corrected chi connectivity index (χ4v) is 2.70. The summed E-state index contributed by atoms with van der Waals surface area (Å²) in [5.41, 5.74) is 3.02. The number of anilines is 1. The summed E-state index contributed by atoms with van der Waals surface area (Å²) in [4.78, 5) is 0. The van der Waals surface area contributed by atoms with Crippen molar-refractivity contribution in [3.05, 3.63) is 51.0 Å². The molecular formula is C16H17BrClNO2. The first-order valence-corrected chi connectivity index (χ1v) is 7.62. The Kier molecular flexibility index (Phi) is 5.37. The Hall–Kier alpha value is -1.39. The second-order valence-corrected chi connectivity index (χ2v) is 5.94. The van der Waals surface area contributed by atoms with E-state index in [0.717, 1.165) is 32.1 Å². The lowest BCUT2D eigenvalue weighted by Crippen LogP contribution is -2.03. The lowest BCUT2D eigenvalue weighted by Gasteiger charge is -2.15. The molecule has 0 radical (unpaired) electrons. The van der Waals surface area contributed by atoms with Gasteiger partial charge < -0.3 is 14.8 Å². The van der Waals surface area contributed by atoms with Crippen LogP contribution in [0.25, 0.3) is 0 Å². The molecular weight excluding hydrogens is 354 g/mol. The minimum Gasteiger partial charge on any atom is -0.493 e. The second-order valence-electron chi connectivity index (χ2n) is 4.62. The SMILES string of the molecule is COc1cc(Br)cc(CNc2ccc(C)c(Cl)c2)c1OC. The van der Waals surface area contributed by atoms with E-state index in [1.54, 1.807) is 14.2 Å². The summed E-state index contributed by atoms with van der Waals surface area (Å²) in [6.45, 7) is 2.59. The summed E-state index contributed by atoms with van der Waals surface area (Å²) in [6, 6.07) is 9.79. The first-order chi connectivity index (χ1) is 10.0. The molecule has 0 aromatic heterocycles. The summed E-state index contributed by atoms with van der Waals surface area (Å²) < 4.78 is 11.7. The van der Waals surface area contributed by atoms with Crippen LogP contribution in [0.5, 0.6) is 11.5 Å². The predicted molar refractivity (Wildman–Crippen MR) is 90.8 cm³/mol. The average Bonchev–Trinajstić information content (AvgIpc) is 2.47. The number of hydrogen-bond donors (Lipinski definition) is 1. The Labute approximate surface area is 138 Å². The Morgan fingerprint density at radius 3 is 2.52 bits per heavy atom. The molecule has 0 aliphatic rings. The highest BCUT2D eigenvalue weighted by Gasteiger charge is 2.11. The zero-order valence-electron chi connectivity index (χ0n) is 12.2. The molecule has 0 saturated carbocycles. The largest absolute Gasteiger partial charge is 0.493 e. The molecule has 0 saturated heterocycles. The highest BCUT2D eigenvalue weighted by Crippen LogP contribution is 2.35. The van der Waals surface area contributed by atoms with Crippen LogP contribution >= 0.6 is 27.5 Å². The number of ether oxygens (including phenoxy) is 2. The summed E-state index contributed by atoms with van der Waals surface area (Å²) in [6.07, 6.45) is 0. The lowest BCUT2D eigenvalue weighted by atomic mass is 10.1. The third-order valence-corrected chi connectivity index (χ3v) is 4.04. The molecule has 0 aliphatic carbocycles. The maximum Gasteiger partial charge on any atom is 0.165 e. The van der Waals surface area contributed by atoms with Gasteiger partial charge >= 0.3 is 0 Å². The molecule has 0 unspecified atom stereocenters. The van der Waals surface area contributed by atoms with Crippen LogP contribution in [0, 0.1) is 6.92 Å². The fourth-order valence-electron chi connectivity index (χ4n) is 2.04. The third kappa shape index (κ3) is 3.83. The molecule has 112 valence electrons. The van der Waals surface area contributed by atoms with Gasteiger partial charge in [0.25, 0.3) is 0 Å². The lowest BCUT2D eigenvalue weighted by molar-refractivity contribution is 0.352. The minimum absolute atomic E-state index is 0.609. The van der Waals surface area contributed by atoms with Crippen molar-refractivity contribution < 1.29 is 9.47 Å². The maximum atomic E-state index is 6.13. The molecule has 0 fully saturated rings. The van der Waals surface area contributed by atoms with Crippen molar-refractivity contribution in [1.82, 2.24) is 0 Å². The normalized spacial score (nSPS) is 10.3. The Morgan fingerprint density at radius 1 is 1.14 bits per heavy atom. The fraction of sp³-hybridized carbons (Fsp3) is 0.250. The molecule has 2 aromatic rings. The molecule has 0 heterocycles. The van der Waals surface area contributed by atoms with E-state index in [1.165, 1.54) is 0 Å². The minimum atomic E-state index is 0.609. The molecule has 21 heavy (non-hydrogen) atoms. The van der Waals surface area contributed by atoms with E-state index in [-0.39, 0.29) is 0 Å². The Balaban J connectivity index is 2.22. The van der Waals surface area contributed by atoms with E-state index in [4.69, 9.17) is 21.1 Å². The number of benzene rings is 2. The van der Waals surface area contributed by atoms with Gasteiger partial charge in [0.15, 0.2) is 11.5 Å². The van der Waals surface area contributed by atoms with Gasteiger partial charge in [-0.25, -0.2) is 0 Å². The second kappa shape index (κ2) is 7.05. The molecule has 0 atom stereocenters. The Bertz CT molecular complexity index is 646. The van der Waals surface area contributed by atoms with E-state index in [2.05, 4.69) is 21.2 Å². The van der Waals surface area contributed by atoms with Crippen molar-refractivity contribution in [3.8, 4) is 11.5 Å². The van der Waals surface area contributed by atoms with E-state index in [0.29, 0.717) is 12.3 Å². The van der Waals surface area contributed by atoms with Crippen LogP contribution in [0.15, 0.2) is 34.8 Å². The van der Waals surface area contributed by atoms with Gasteiger partial charge in [-0.2, -0.15) is 0 Å². The molecule has 0 amide bonds. The third-order valence-electron chi connectivity index (χ3n) is 3.18. The van der Waals surface area contributed by atoms with Gasteiger partial charge in [0.2, 0.25) is 0 Å². The summed E-state index contributed by atoms with van der Waals surface area (Å²) in [5, 5.41) is 4.09. The number of rotatable bonds is 5. The van der Waals surface area contributed by atoms with Gasteiger partial charge in [-0.15, -0.1) is 0 Å². The Morgan fingerprint density at radius 2 is 1.90 bits per heavy atom. The first-order valence-electron chi connectivity index (χ1n) is 6.45. The van der Waals surface area contributed by atoms with Crippen LogP contribution in [-0.2, 0) is 6.54 Å². The van der Waals surface area contributed by atoms with Gasteiger partial charge in [0.05, 0.1) is 14.2 Å². The van der Waals surface area contributed by atoms with Crippen molar-refractivity contribution in [3.63, 3.8) is 0 Å². The van der Waals surface area contributed by atoms with Gasteiger partial charge in [0, 0.05) is 27.3 Å². The van der Waals surface area contributed by atoms with Crippen molar-refractivity contribution in [2.24, 2.45) is 0 Å². The van der Waals surface area contributed by atoms with Crippen LogP contribution in [0.3, 0.4) is 0 Å². The number of halogens is 2. The molecule has 0 spiro atoms. The number of aryl methyl sites for hydroxylation is 1. The molecule has 0 aliphatic heterocycles. The number of hydrogen-bond acceptors (Lipinski definition) is 3. The molecule has 2 aromatic carbocycles. The smallest absolute Gasteiger partial charge is 0.165 e. The predicted octanol–water partition coefficient (Wildman–Crippen LogP) is 5.04. The standard InChI is InChI=1S/C16H17BrClNO2/c1-10-4-5-13(8-14(10)18)19-9-11-6-12(17)7-15(20-2)16(11)21-3/h4-8,19H,9H2,1-3H3. The van der Waals surface area contributed by atoms with Crippen molar-refractivity contribution in [1.29, 1.82) is 0 Å². The zero-order chi connectivity index (χ0) is 15.4.